The Hall–Kier alpha value is -2.44. The van der Waals surface area contributed by atoms with E-state index >= 15 is 0 Å². The van der Waals surface area contributed by atoms with E-state index in [9.17, 15) is 4.79 Å². The van der Waals surface area contributed by atoms with Crippen molar-refractivity contribution in [1.82, 2.24) is 15.2 Å². The van der Waals surface area contributed by atoms with Gasteiger partial charge in [-0.05, 0) is 48.2 Å². The molecule has 0 unspecified atom stereocenters. The Balaban J connectivity index is 1.57. The SMILES string of the molecule is O=C(Nc1nc2ccc(-c3cc(Cl)cc4[nH]ncc34)cc2s1)C1CC1. The summed E-state index contributed by atoms with van der Waals surface area (Å²) in [6, 6.07) is 9.88. The Morgan fingerprint density at radius 2 is 2.16 bits per heavy atom. The van der Waals surface area contributed by atoms with Crippen molar-refractivity contribution in [3.63, 3.8) is 0 Å². The van der Waals surface area contributed by atoms with Gasteiger partial charge in [0, 0.05) is 16.3 Å². The van der Waals surface area contributed by atoms with Gasteiger partial charge in [0.05, 0.1) is 21.9 Å². The quantitative estimate of drug-likeness (QED) is 0.543. The Morgan fingerprint density at radius 1 is 1.28 bits per heavy atom. The van der Waals surface area contributed by atoms with Crippen molar-refractivity contribution in [3.8, 4) is 11.1 Å². The molecule has 5 nitrogen and oxygen atoms in total. The molecule has 124 valence electrons. The van der Waals surface area contributed by atoms with Crippen LogP contribution in [0.2, 0.25) is 5.02 Å². The van der Waals surface area contributed by atoms with E-state index in [-0.39, 0.29) is 11.8 Å². The second kappa shape index (κ2) is 5.54. The molecule has 1 fully saturated rings. The number of benzene rings is 2. The number of aromatic amines is 1. The third-order valence-electron chi connectivity index (χ3n) is 4.40. The van der Waals surface area contributed by atoms with Crippen molar-refractivity contribution < 1.29 is 4.79 Å². The number of fused-ring (bicyclic) bond motifs is 2. The highest BCUT2D eigenvalue weighted by Crippen LogP contribution is 2.36. The maximum absolute atomic E-state index is 11.9. The van der Waals surface area contributed by atoms with Gasteiger partial charge in [0.25, 0.3) is 0 Å². The monoisotopic (exact) mass is 368 g/mol. The first kappa shape index (κ1) is 14.9. The highest BCUT2D eigenvalue weighted by molar-refractivity contribution is 7.22. The predicted molar refractivity (Wildman–Crippen MR) is 101 cm³/mol. The third kappa shape index (κ3) is 2.67. The van der Waals surface area contributed by atoms with Gasteiger partial charge < -0.3 is 5.32 Å². The second-order valence-electron chi connectivity index (χ2n) is 6.25. The lowest BCUT2D eigenvalue weighted by Crippen LogP contribution is -2.12. The number of hydrogen-bond acceptors (Lipinski definition) is 4. The minimum atomic E-state index is 0.0780. The molecule has 5 rings (SSSR count). The van der Waals surface area contributed by atoms with Crippen LogP contribution < -0.4 is 5.32 Å². The summed E-state index contributed by atoms with van der Waals surface area (Å²) in [4.78, 5) is 16.4. The molecule has 0 aliphatic heterocycles. The van der Waals surface area contributed by atoms with Gasteiger partial charge in [0.1, 0.15) is 0 Å². The molecule has 2 heterocycles. The number of anilines is 1. The zero-order valence-electron chi connectivity index (χ0n) is 13.0. The number of halogens is 1. The first-order valence-corrected chi connectivity index (χ1v) is 9.21. The Bertz CT molecular complexity index is 1130. The zero-order chi connectivity index (χ0) is 17.0. The van der Waals surface area contributed by atoms with E-state index in [1.165, 1.54) is 11.3 Å². The fourth-order valence-electron chi connectivity index (χ4n) is 2.95. The van der Waals surface area contributed by atoms with E-state index < -0.39 is 0 Å². The van der Waals surface area contributed by atoms with Crippen LogP contribution in [-0.4, -0.2) is 21.1 Å². The van der Waals surface area contributed by atoms with Crippen molar-refractivity contribution in [1.29, 1.82) is 0 Å². The van der Waals surface area contributed by atoms with Crippen molar-refractivity contribution in [2.75, 3.05) is 5.32 Å². The lowest BCUT2D eigenvalue weighted by Gasteiger charge is -2.04. The molecule has 0 bridgehead atoms. The number of nitrogens with zero attached hydrogens (tertiary/aromatic N) is 2. The highest BCUT2D eigenvalue weighted by Gasteiger charge is 2.30. The second-order valence-corrected chi connectivity index (χ2v) is 7.72. The number of aromatic nitrogens is 3. The molecule has 2 aromatic heterocycles. The van der Waals surface area contributed by atoms with Crippen LogP contribution in [0.3, 0.4) is 0 Å². The fraction of sp³-hybridized carbons (Fsp3) is 0.167. The van der Waals surface area contributed by atoms with Crippen LogP contribution in [-0.2, 0) is 4.79 Å². The van der Waals surface area contributed by atoms with Gasteiger partial charge in [-0.1, -0.05) is 29.0 Å². The number of carbonyl (C=O) groups excluding carboxylic acids is 1. The molecule has 0 atom stereocenters. The van der Waals surface area contributed by atoms with Gasteiger partial charge in [0.2, 0.25) is 5.91 Å². The van der Waals surface area contributed by atoms with Gasteiger partial charge in [-0.15, -0.1) is 0 Å². The van der Waals surface area contributed by atoms with E-state index in [1.54, 1.807) is 6.20 Å². The summed E-state index contributed by atoms with van der Waals surface area (Å²) < 4.78 is 1.03. The average molecular weight is 369 g/mol. The number of nitrogens with one attached hydrogen (secondary N) is 2. The largest absolute Gasteiger partial charge is 0.302 e. The fourth-order valence-corrected chi connectivity index (χ4v) is 4.08. The Labute approximate surface area is 152 Å². The highest BCUT2D eigenvalue weighted by atomic mass is 35.5. The molecule has 1 aliphatic carbocycles. The first-order chi connectivity index (χ1) is 12.2. The molecule has 7 heteroatoms. The number of H-pyrrole nitrogens is 1. The number of rotatable bonds is 3. The molecule has 1 aliphatic rings. The standard InChI is InChI=1S/C18H13ClN4OS/c19-11-6-12(13-8-20-23-15(13)7-11)10-3-4-14-16(5-10)25-18(21-14)22-17(24)9-1-2-9/h3-9H,1-2H2,(H,20,23)(H,21,22,24). The summed E-state index contributed by atoms with van der Waals surface area (Å²) in [7, 11) is 0. The summed E-state index contributed by atoms with van der Waals surface area (Å²) in [6.45, 7) is 0. The maximum Gasteiger partial charge on any atom is 0.229 e. The number of thiazole rings is 1. The van der Waals surface area contributed by atoms with Crippen LogP contribution in [0.5, 0.6) is 0 Å². The minimum absolute atomic E-state index is 0.0780. The molecular weight excluding hydrogens is 356 g/mol. The summed E-state index contributed by atoms with van der Waals surface area (Å²) in [6.07, 6.45) is 3.77. The van der Waals surface area contributed by atoms with Crippen LogP contribution in [0.4, 0.5) is 5.13 Å². The molecule has 4 aromatic rings. The number of carbonyl (C=O) groups is 1. The Kier molecular flexibility index (Phi) is 3.29. The topological polar surface area (TPSA) is 70.7 Å². The first-order valence-electron chi connectivity index (χ1n) is 8.02. The molecular formula is C18H13ClN4OS. The van der Waals surface area contributed by atoms with E-state index in [1.807, 2.05) is 24.3 Å². The zero-order valence-corrected chi connectivity index (χ0v) is 14.6. The molecule has 0 saturated heterocycles. The van der Waals surface area contributed by atoms with Crippen LogP contribution in [0, 0.1) is 5.92 Å². The predicted octanol–water partition coefficient (Wildman–Crippen LogP) is 4.84. The van der Waals surface area contributed by atoms with E-state index in [0.717, 1.165) is 45.1 Å². The van der Waals surface area contributed by atoms with E-state index in [4.69, 9.17) is 11.6 Å². The minimum Gasteiger partial charge on any atom is -0.302 e. The summed E-state index contributed by atoms with van der Waals surface area (Å²) in [5.41, 5.74) is 3.86. The lowest BCUT2D eigenvalue weighted by atomic mass is 10.0. The van der Waals surface area contributed by atoms with Gasteiger partial charge in [0.15, 0.2) is 5.13 Å². The van der Waals surface area contributed by atoms with Crippen LogP contribution >= 0.6 is 22.9 Å². The van der Waals surface area contributed by atoms with Gasteiger partial charge >= 0.3 is 0 Å². The lowest BCUT2D eigenvalue weighted by molar-refractivity contribution is -0.117. The molecule has 1 amide bonds. The number of hydrogen-bond donors (Lipinski definition) is 2. The van der Waals surface area contributed by atoms with Crippen LogP contribution in [0.15, 0.2) is 36.5 Å². The third-order valence-corrected chi connectivity index (χ3v) is 5.55. The van der Waals surface area contributed by atoms with Crippen LogP contribution in [0.25, 0.3) is 32.2 Å². The maximum atomic E-state index is 11.9. The van der Waals surface area contributed by atoms with E-state index in [0.29, 0.717) is 10.2 Å². The summed E-state index contributed by atoms with van der Waals surface area (Å²) in [5.74, 6) is 0.248. The average Bonchev–Trinajstić information content (AvgIpc) is 3.21. The van der Waals surface area contributed by atoms with Gasteiger partial charge in [-0.2, -0.15) is 5.10 Å². The molecule has 0 radical (unpaired) electrons. The van der Waals surface area contributed by atoms with E-state index in [2.05, 4.69) is 26.6 Å². The summed E-state index contributed by atoms with van der Waals surface area (Å²) >= 11 is 7.73. The van der Waals surface area contributed by atoms with Crippen molar-refractivity contribution >= 4 is 55.1 Å². The van der Waals surface area contributed by atoms with Crippen molar-refractivity contribution in [3.05, 3.63) is 41.6 Å². The molecule has 0 spiro atoms. The Morgan fingerprint density at radius 3 is 3.00 bits per heavy atom. The normalized spacial score (nSPS) is 14.3. The van der Waals surface area contributed by atoms with Gasteiger partial charge in [-0.25, -0.2) is 4.98 Å². The smallest absolute Gasteiger partial charge is 0.229 e. The molecule has 2 aromatic carbocycles. The molecule has 2 N–H and O–H groups in total. The summed E-state index contributed by atoms with van der Waals surface area (Å²) in [5, 5.41) is 12.3. The number of amides is 1. The molecule has 25 heavy (non-hydrogen) atoms. The van der Waals surface area contributed by atoms with Crippen molar-refractivity contribution in [2.45, 2.75) is 12.8 Å². The van der Waals surface area contributed by atoms with Crippen LogP contribution in [0.1, 0.15) is 12.8 Å². The van der Waals surface area contributed by atoms with Crippen molar-refractivity contribution in [2.24, 2.45) is 5.92 Å². The van der Waals surface area contributed by atoms with Gasteiger partial charge in [-0.3, -0.25) is 9.89 Å². The molecule has 1 saturated carbocycles.